The van der Waals surface area contributed by atoms with Crippen molar-refractivity contribution in [1.82, 2.24) is 5.01 Å². The van der Waals surface area contributed by atoms with Gasteiger partial charge < -0.3 is 4.74 Å². The molecule has 0 unspecified atom stereocenters. The van der Waals surface area contributed by atoms with Gasteiger partial charge in [-0.05, 0) is 25.1 Å². The number of Topliss-reactive ketones (excluding diaryl/α,β-unsaturated/α-hetero) is 1. The van der Waals surface area contributed by atoms with Crippen LogP contribution in [0.3, 0.4) is 0 Å². The molecule has 3 rings (SSSR count). The zero-order chi connectivity index (χ0) is 19.9. The molecule has 1 aromatic rings. The van der Waals surface area contributed by atoms with Crippen molar-refractivity contribution in [3.8, 4) is 0 Å². The van der Waals surface area contributed by atoms with Crippen molar-refractivity contribution in [2.24, 2.45) is 11.0 Å². The third kappa shape index (κ3) is 3.42. The van der Waals surface area contributed by atoms with Crippen LogP contribution in [0.5, 0.6) is 0 Å². The van der Waals surface area contributed by atoms with Crippen LogP contribution in [0.15, 0.2) is 23.3 Å². The summed E-state index contributed by atoms with van der Waals surface area (Å²) in [5.41, 5.74) is 0.0349. The highest BCUT2D eigenvalue weighted by Crippen LogP contribution is 2.37. The summed E-state index contributed by atoms with van der Waals surface area (Å²) in [7, 11) is 1.16. The minimum absolute atomic E-state index is 0.0974. The van der Waals surface area contributed by atoms with E-state index in [-0.39, 0.29) is 40.2 Å². The smallest absolute Gasteiger partial charge is 0.355 e. The average Bonchev–Trinajstić information content (AvgIpc) is 3.08. The van der Waals surface area contributed by atoms with Crippen LogP contribution in [-0.4, -0.2) is 54.0 Å². The number of hydrogen-bond donors (Lipinski definition) is 0. The van der Waals surface area contributed by atoms with Crippen molar-refractivity contribution in [3.05, 3.63) is 28.2 Å². The van der Waals surface area contributed by atoms with Gasteiger partial charge in [0.05, 0.1) is 12.8 Å². The molecule has 0 bridgehead atoms. The summed E-state index contributed by atoms with van der Waals surface area (Å²) >= 11 is 12.0. The predicted molar refractivity (Wildman–Crippen MR) is 97.7 cm³/mol. The maximum absolute atomic E-state index is 13.0. The van der Waals surface area contributed by atoms with E-state index in [2.05, 4.69) is 5.10 Å². The fourth-order valence-electron chi connectivity index (χ4n) is 3.14. The summed E-state index contributed by atoms with van der Waals surface area (Å²) in [5, 5.41) is 5.89. The highest BCUT2D eigenvalue weighted by molar-refractivity contribution is 6.46. The number of carbonyl (C=O) groups excluding carboxylic acids is 4. The quantitative estimate of drug-likeness (QED) is 0.539. The van der Waals surface area contributed by atoms with Crippen LogP contribution in [0.4, 0.5) is 5.69 Å². The van der Waals surface area contributed by atoms with Gasteiger partial charge in [0, 0.05) is 23.0 Å². The van der Waals surface area contributed by atoms with E-state index in [4.69, 9.17) is 27.9 Å². The maximum Gasteiger partial charge on any atom is 0.355 e. The molecule has 0 N–H and O–H groups in total. The fourth-order valence-corrected chi connectivity index (χ4v) is 3.66. The van der Waals surface area contributed by atoms with Gasteiger partial charge in [0.15, 0.2) is 5.71 Å². The molecule has 10 heteroatoms. The second-order valence-electron chi connectivity index (χ2n) is 6.15. The first-order valence-electron chi connectivity index (χ1n) is 8.01. The van der Waals surface area contributed by atoms with Crippen molar-refractivity contribution >= 4 is 58.2 Å². The number of imide groups is 1. The Morgan fingerprint density at radius 1 is 1.15 bits per heavy atom. The second kappa shape index (κ2) is 7.28. The molecule has 1 fully saturated rings. The molecule has 0 radical (unpaired) electrons. The average molecular weight is 412 g/mol. The lowest BCUT2D eigenvalue weighted by atomic mass is 9.98. The van der Waals surface area contributed by atoms with Crippen molar-refractivity contribution in [3.63, 3.8) is 0 Å². The van der Waals surface area contributed by atoms with E-state index in [1.54, 1.807) is 0 Å². The number of ketones is 1. The van der Waals surface area contributed by atoms with Crippen LogP contribution in [0, 0.1) is 5.92 Å². The number of esters is 1. The number of methoxy groups -OCH3 is 1. The van der Waals surface area contributed by atoms with Gasteiger partial charge >= 0.3 is 5.97 Å². The topological polar surface area (TPSA) is 96.3 Å². The zero-order valence-corrected chi connectivity index (χ0v) is 16.0. The summed E-state index contributed by atoms with van der Waals surface area (Å²) in [6.45, 7) is 1.50. The molecular formula is C17H15Cl2N3O5. The molecule has 8 nitrogen and oxygen atoms in total. The lowest BCUT2D eigenvalue weighted by Gasteiger charge is -2.21. The van der Waals surface area contributed by atoms with Crippen LogP contribution >= 0.6 is 23.2 Å². The predicted octanol–water partition coefficient (Wildman–Crippen LogP) is 1.68. The third-order valence-corrected chi connectivity index (χ3v) is 4.76. The van der Waals surface area contributed by atoms with Crippen LogP contribution in [-0.2, 0) is 23.9 Å². The standard InChI is InChI=1S/C17H15Cl2N3O5/c1-8(23)3-4-21-14-12(13(20-21)17(26)27-2)15(24)22(16(14)25)11-6-9(18)5-10(19)7-11/h5-7,12,14H,3-4H2,1-2H3/t12-,14-/m1/s1. The molecule has 0 spiro atoms. The van der Waals surface area contributed by atoms with Crippen molar-refractivity contribution in [1.29, 1.82) is 0 Å². The number of fused-ring (bicyclic) bond motifs is 1. The number of hydrogen-bond acceptors (Lipinski definition) is 7. The van der Waals surface area contributed by atoms with E-state index < -0.39 is 29.7 Å². The summed E-state index contributed by atoms with van der Waals surface area (Å²) < 4.78 is 4.69. The molecule has 0 saturated carbocycles. The number of halogens is 2. The Bertz CT molecular complexity index is 865. The van der Waals surface area contributed by atoms with E-state index in [1.807, 2.05) is 0 Å². The molecule has 1 saturated heterocycles. The lowest BCUT2D eigenvalue weighted by Crippen LogP contribution is -2.40. The summed E-state index contributed by atoms with van der Waals surface area (Å²) in [4.78, 5) is 50.3. The number of amides is 2. The normalized spacial score (nSPS) is 21.4. The largest absolute Gasteiger partial charge is 0.464 e. The maximum atomic E-state index is 13.0. The van der Waals surface area contributed by atoms with Gasteiger partial charge in [-0.3, -0.25) is 19.4 Å². The van der Waals surface area contributed by atoms with Gasteiger partial charge in [-0.1, -0.05) is 23.2 Å². The monoisotopic (exact) mass is 411 g/mol. The van der Waals surface area contributed by atoms with Gasteiger partial charge in [0.2, 0.25) is 5.91 Å². The van der Waals surface area contributed by atoms with Gasteiger partial charge in [0.1, 0.15) is 17.7 Å². The molecule has 1 aromatic carbocycles. The molecular weight excluding hydrogens is 397 g/mol. The summed E-state index contributed by atoms with van der Waals surface area (Å²) in [5.74, 6) is -3.23. The minimum Gasteiger partial charge on any atom is -0.464 e. The molecule has 2 amide bonds. The number of rotatable bonds is 5. The Labute approximate surface area is 164 Å². The minimum atomic E-state index is -1.12. The Morgan fingerprint density at radius 2 is 1.78 bits per heavy atom. The fraction of sp³-hybridized carbons (Fsp3) is 0.353. The summed E-state index contributed by atoms with van der Waals surface area (Å²) in [6.07, 6.45) is 0.117. The van der Waals surface area contributed by atoms with Crippen molar-refractivity contribution in [2.45, 2.75) is 19.4 Å². The zero-order valence-electron chi connectivity index (χ0n) is 14.4. The number of hydrazone groups is 1. The van der Waals surface area contributed by atoms with Crippen molar-refractivity contribution in [2.75, 3.05) is 18.6 Å². The number of carbonyl (C=O) groups is 4. The Balaban J connectivity index is 2.01. The Kier molecular flexibility index (Phi) is 5.21. The van der Waals surface area contributed by atoms with Crippen LogP contribution in [0.2, 0.25) is 10.0 Å². The van der Waals surface area contributed by atoms with Gasteiger partial charge in [-0.25, -0.2) is 9.69 Å². The van der Waals surface area contributed by atoms with Crippen LogP contribution in [0.25, 0.3) is 0 Å². The third-order valence-electron chi connectivity index (χ3n) is 4.32. The van der Waals surface area contributed by atoms with E-state index in [0.29, 0.717) is 0 Å². The molecule has 142 valence electrons. The van der Waals surface area contributed by atoms with E-state index >= 15 is 0 Å². The van der Waals surface area contributed by atoms with Crippen LogP contribution in [0.1, 0.15) is 13.3 Å². The molecule has 2 aliphatic heterocycles. The van der Waals surface area contributed by atoms with Crippen LogP contribution < -0.4 is 4.90 Å². The highest BCUT2D eigenvalue weighted by atomic mass is 35.5. The first-order chi connectivity index (χ1) is 12.7. The Morgan fingerprint density at radius 3 is 2.33 bits per heavy atom. The highest BCUT2D eigenvalue weighted by Gasteiger charge is 2.58. The number of anilines is 1. The number of ether oxygens (including phenoxy) is 1. The SMILES string of the molecule is COC(=O)C1=NN(CCC(C)=O)[C@H]2C(=O)N(c3cc(Cl)cc(Cl)c3)C(=O)[C@H]12. The van der Waals surface area contributed by atoms with E-state index in [1.165, 1.54) is 30.1 Å². The first kappa shape index (κ1) is 19.3. The van der Waals surface area contributed by atoms with Crippen molar-refractivity contribution < 1.29 is 23.9 Å². The van der Waals surface area contributed by atoms with Gasteiger partial charge in [-0.15, -0.1) is 0 Å². The second-order valence-corrected chi connectivity index (χ2v) is 7.03. The molecule has 27 heavy (non-hydrogen) atoms. The number of benzene rings is 1. The molecule has 0 aliphatic carbocycles. The Hall–Kier alpha value is -2.45. The lowest BCUT2D eigenvalue weighted by molar-refractivity contribution is -0.133. The number of nitrogens with zero attached hydrogens (tertiary/aromatic N) is 3. The molecule has 2 atom stereocenters. The molecule has 0 aromatic heterocycles. The molecule has 2 aliphatic rings. The first-order valence-corrected chi connectivity index (χ1v) is 8.77. The van der Waals surface area contributed by atoms with E-state index in [0.717, 1.165) is 12.0 Å². The van der Waals surface area contributed by atoms with Gasteiger partial charge in [-0.2, -0.15) is 5.10 Å². The summed E-state index contributed by atoms with van der Waals surface area (Å²) in [6, 6.07) is 3.31. The molecule has 2 heterocycles. The van der Waals surface area contributed by atoms with Gasteiger partial charge in [0.25, 0.3) is 5.91 Å². The van der Waals surface area contributed by atoms with E-state index in [9.17, 15) is 19.2 Å².